The molecule has 1 aliphatic rings. The quantitative estimate of drug-likeness (QED) is 0.899. The Morgan fingerprint density at radius 3 is 2.63 bits per heavy atom. The van der Waals surface area contributed by atoms with Crippen LogP contribution in [0.5, 0.6) is 5.75 Å². The van der Waals surface area contributed by atoms with Gasteiger partial charge in [-0.3, -0.25) is 0 Å². The Balaban J connectivity index is 2.51. The van der Waals surface area contributed by atoms with E-state index in [4.69, 9.17) is 4.74 Å². The molecule has 1 aromatic rings. The van der Waals surface area contributed by atoms with Crippen LogP contribution in [0.15, 0.2) is 24.3 Å². The highest BCUT2D eigenvalue weighted by atomic mass is 19.3. The number of rotatable bonds is 4. The zero-order valence-corrected chi connectivity index (χ0v) is 11.7. The molecule has 1 aliphatic heterocycles. The number of alkyl halides is 2. The molecule has 19 heavy (non-hydrogen) atoms. The monoisotopic (exact) mass is 269 g/mol. The van der Waals surface area contributed by atoms with Gasteiger partial charge < -0.3 is 10.1 Å². The third-order valence-electron chi connectivity index (χ3n) is 3.52. The Bertz CT molecular complexity index is 448. The Labute approximate surface area is 113 Å². The number of hydrogen-bond acceptors (Lipinski definition) is 2. The van der Waals surface area contributed by atoms with Crippen molar-refractivity contribution in [3.05, 3.63) is 29.8 Å². The maximum Gasteiger partial charge on any atom is 0.260 e. The molecule has 1 heterocycles. The van der Waals surface area contributed by atoms with Crippen molar-refractivity contribution in [1.82, 2.24) is 5.32 Å². The molecule has 2 rings (SSSR count). The van der Waals surface area contributed by atoms with Crippen molar-refractivity contribution >= 4 is 0 Å². The van der Waals surface area contributed by atoms with Crippen molar-refractivity contribution in [3.8, 4) is 5.75 Å². The maximum atomic E-state index is 13.8. The molecule has 1 atom stereocenters. The van der Waals surface area contributed by atoms with Crippen LogP contribution in [0.25, 0.3) is 0 Å². The molecule has 2 nitrogen and oxygen atoms in total. The molecule has 106 valence electrons. The Morgan fingerprint density at radius 1 is 1.32 bits per heavy atom. The summed E-state index contributed by atoms with van der Waals surface area (Å²) in [4.78, 5) is 0. The second-order valence-electron chi connectivity index (χ2n) is 5.73. The normalized spacial score (nSPS) is 24.9. The smallest absolute Gasteiger partial charge is 0.260 e. The molecule has 1 N–H and O–H groups in total. The van der Waals surface area contributed by atoms with Gasteiger partial charge in [-0.15, -0.1) is 0 Å². The second kappa shape index (κ2) is 5.08. The van der Waals surface area contributed by atoms with Crippen LogP contribution in [0, 0.1) is 0 Å². The molecule has 0 saturated heterocycles. The van der Waals surface area contributed by atoms with Crippen molar-refractivity contribution in [1.29, 1.82) is 0 Å². The van der Waals surface area contributed by atoms with Crippen LogP contribution in [0.4, 0.5) is 8.78 Å². The van der Waals surface area contributed by atoms with Crippen LogP contribution in [0.1, 0.15) is 39.2 Å². The van der Waals surface area contributed by atoms with Gasteiger partial charge in [0, 0.05) is 12.0 Å². The number of ether oxygens (including phenoxy) is 1. The number of nitrogens with one attached hydrogen (secondary N) is 1. The fourth-order valence-corrected chi connectivity index (χ4v) is 2.80. The third kappa shape index (κ3) is 2.59. The van der Waals surface area contributed by atoms with E-state index in [2.05, 4.69) is 5.32 Å². The average molecular weight is 269 g/mol. The Hall–Kier alpha value is -1.16. The average Bonchev–Trinajstić information content (AvgIpc) is 2.34. The Morgan fingerprint density at radius 2 is 2.00 bits per heavy atom. The summed E-state index contributed by atoms with van der Waals surface area (Å²) in [5.41, 5.74) is -1.35. The van der Waals surface area contributed by atoms with Gasteiger partial charge in [0.1, 0.15) is 16.9 Å². The molecule has 0 aliphatic carbocycles. The molecular formula is C15H21F2NO. The largest absolute Gasteiger partial charge is 0.487 e. The fourth-order valence-electron chi connectivity index (χ4n) is 2.80. The van der Waals surface area contributed by atoms with Crippen molar-refractivity contribution in [2.75, 3.05) is 6.54 Å². The Kier molecular flexibility index (Phi) is 3.81. The molecule has 0 bridgehead atoms. The minimum atomic E-state index is -2.47. The van der Waals surface area contributed by atoms with E-state index in [-0.39, 0.29) is 6.42 Å². The lowest BCUT2D eigenvalue weighted by atomic mass is 9.77. The SMILES string of the molecule is CCCNC1(C(F)F)CC(C)(C)Oc2ccccc21. The lowest BCUT2D eigenvalue weighted by Gasteiger charge is -2.46. The summed E-state index contributed by atoms with van der Waals surface area (Å²) in [5.74, 6) is 0.558. The number of halogens is 2. The highest BCUT2D eigenvalue weighted by molar-refractivity contribution is 5.42. The van der Waals surface area contributed by atoms with Gasteiger partial charge in [-0.2, -0.15) is 0 Å². The molecule has 4 heteroatoms. The van der Waals surface area contributed by atoms with Crippen LogP contribution in [0.3, 0.4) is 0 Å². The van der Waals surface area contributed by atoms with E-state index in [9.17, 15) is 8.78 Å². The fraction of sp³-hybridized carbons (Fsp3) is 0.600. The molecule has 1 aromatic carbocycles. The third-order valence-corrected chi connectivity index (χ3v) is 3.52. The first-order valence-electron chi connectivity index (χ1n) is 6.73. The molecule has 0 aromatic heterocycles. The van der Waals surface area contributed by atoms with E-state index < -0.39 is 17.6 Å². The standard InChI is InChI=1S/C15H21F2NO/c1-4-9-18-15(13(16)17)10-14(2,3)19-12-8-6-5-7-11(12)15/h5-8,13,18H,4,9-10H2,1-3H3. The molecular weight excluding hydrogens is 248 g/mol. The number of hydrogen-bond donors (Lipinski definition) is 1. The van der Waals surface area contributed by atoms with Crippen molar-refractivity contribution in [2.45, 2.75) is 51.2 Å². The summed E-state index contributed by atoms with van der Waals surface area (Å²) in [6.45, 7) is 6.25. The summed E-state index contributed by atoms with van der Waals surface area (Å²) in [6.07, 6.45) is -1.39. The minimum Gasteiger partial charge on any atom is -0.487 e. The first-order valence-corrected chi connectivity index (χ1v) is 6.73. The lowest BCUT2D eigenvalue weighted by molar-refractivity contribution is -0.0469. The first kappa shape index (κ1) is 14.3. The van der Waals surface area contributed by atoms with Gasteiger partial charge in [0.25, 0.3) is 6.43 Å². The lowest BCUT2D eigenvalue weighted by Crippen LogP contribution is -2.56. The molecule has 0 fully saturated rings. The maximum absolute atomic E-state index is 13.8. The van der Waals surface area contributed by atoms with Gasteiger partial charge in [-0.25, -0.2) is 8.78 Å². The summed E-state index contributed by atoms with van der Waals surface area (Å²) >= 11 is 0. The van der Waals surface area contributed by atoms with Gasteiger partial charge in [-0.05, 0) is 32.9 Å². The van der Waals surface area contributed by atoms with E-state index in [0.29, 0.717) is 17.9 Å². The zero-order valence-electron chi connectivity index (χ0n) is 11.7. The van der Waals surface area contributed by atoms with Gasteiger partial charge in [0.05, 0.1) is 0 Å². The highest BCUT2D eigenvalue weighted by Crippen LogP contribution is 2.46. The van der Waals surface area contributed by atoms with E-state index >= 15 is 0 Å². The number of para-hydroxylation sites is 1. The van der Waals surface area contributed by atoms with Gasteiger partial charge >= 0.3 is 0 Å². The van der Waals surface area contributed by atoms with Crippen LogP contribution in [-0.4, -0.2) is 18.6 Å². The molecule has 1 unspecified atom stereocenters. The van der Waals surface area contributed by atoms with Crippen molar-refractivity contribution in [2.24, 2.45) is 0 Å². The molecule has 0 saturated carbocycles. The van der Waals surface area contributed by atoms with E-state index in [1.807, 2.05) is 26.8 Å². The topological polar surface area (TPSA) is 21.3 Å². The van der Waals surface area contributed by atoms with Crippen molar-refractivity contribution < 1.29 is 13.5 Å². The predicted octanol–water partition coefficient (Wildman–Crippen LogP) is 3.71. The van der Waals surface area contributed by atoms with E-state index in [0.717, 1.165) is 6.42 Å². The van der Waals surface area contributed by atoms with Crippen LogP contribution < -0.4 is 10.1 Å². The number of fused-ring (bicyclic) bond motifs is 1. The van der Waals surface area contributed by atoms with E-state index in [1.54, 1.807) is 18.2 Å². The van der Waals surface area contributed by atoms with E-state index in [1.165, 1.54) is 0 Å². The number of benzene rings is 1. The van der Waals surface area contributed by atoms with Crippen LogP contribution in [0.2, 0.25) is 0 Å². The van der Waals surface area contributed by atoms with Gasteiger partial charge in [0.2, 0.25) is 0 Å². The van der Waals surface area contributed by atoms with Gasteiger partial charge in [-0.1, -0.05) is 25.1 Å². The summed E-state index contributed by atoms with van der Waals surface area (Å²) in [6, 6.07) is 7.10. The summed E-state index contributed by atoms with van der Waals surface area (Å²) in [7, 11) is 0. The molecule has 0 amide bonds. The zero-order chi connectivity index (χ0) is 14.1. The summed E-state index contributed by atoms with van der Waals surface area (Å²) in [5, 5.41) is 3.07. The van der Waals surface area contributed by atoms with Crippen LogP contribution >= 0.6 is 0 Å². The minimum absolute atomic E-state index is 0.259. The first-order chi connectivity index (χ1) is 8.91. The second-order valence-corrected chi connectivity index (χ2v) is 5.73. The molecule has 0 spiro atoms. The molecule has 0 radical (unpaired) electrons. The highest BCUT2D eigenvalue weighted by Gasteiger charge is 2.50. The predicted molar refractivity (Wildman–Crippen MR) is 71.7 cm³/mol. The van der Waals surface area contributed by atoms with Crippen molar-refractivity contribution in [3.63, 3.8) is 0 Å². The summed E-state index contributed by atoms with van der Waals surface area (Å²) < 4.78 is 33.4. The van der Waals surface area contributed by atoms with Gasteiger partial charge in [0.15, 0.2) is 0 Å². The van der Waals surface area contributed by atoms with Crippen LogP contribution in [-0.2, 0) is 5.54 Å².